The molecule has 1 aliphatic heterocycles. The predicted octanol–water partition coefficient (Wildman–Crippen LogP) is 2.52. The molecule has 6 nitrogen and oxygen atoms in total. The number of urea groups is 1. The predicted molar refractivity (Wildman–Crippen MR) is 77.1 cm³/mol. The van der Waals surface area contributed by atoms with Crippen LogP contribution in [-0.2, 0) is 4.74 Å². The second-order valence-corrected chi connectivity index (χ2v) is 4.42. The van der Waals surface area contributed by atoms with Crippen LogP contribution in [0.1, 0.15) is 13.8 Å². The number of benzene rings is 1. The number of hydrogen-bond donors (Lipinski definition) is 1. The zero-order valence-corrected chi connectivity index (χ0v) is 11.8. The van der Waals surface area contributed by atoms with Crippen LogP contribution in [0.4, 0.5) is 21.0 Å². The molecule has 1 aliphatic rings. The molecule has 0 aliphatic carbocycles. The first-order chi connectivity index (χ1) is 9.65. The minimum absolute atomic E-state index is 0.122. The Morgan fingerprint density at radius 2 is 1.95 bits per heavy atom. The molecule has 1 fully saturated rings. The number of anilines is 2. The van der Waals surface area contributed by atoms with Gasteiger partial charge >= 0.3 is 12.1 Å². The summed E-state index contributed by atoms with van der Waals surface area (Å²) in [4.78, 5) is 26.6. The zero-order valence-electron chi connectivity index (χ0n) is 11.8. The third-order valence-corrected chi connectivity index (χ3v) is 3.24. The van der Waals surface area contributed by atoms with Gasteiger partial charge in [0.2, 0.25) is 0 Å². The number of hydrogen-bond acceptors (Lipinski definition) is 3. The summed E-state index contributed by atoms with van der Waals surface area (Å²) >= 11 is 0. The first-order valence-corrected chi connectivity index (χ1v) is 6.76. The van der Waals surface area contributed by atoms with E-state index in [1.54, 1.807) is 34.1 Å². The van der Waals surface area contributed by atoms with Crippen LogP contribution in [0.3, 0.4) is 0 Å². The second-order valence-electron chi connectivity index (χ2n) is 4.42. The van der Waals surface area contributed by atoms with Gasteiger partial charge in [-0.1, -0.05) is 0 Å². The van der Waals surface area contributed by atoms with E-state index in [1.807, 2.05) is 13.8 Å². The van der Waals surface area contributed by atoms with Gasteiger partial charge in [0, 0.05) is 24.5 Å². The topological polar surface area (TPSA) is 61.9 Å². The highest BCUT2D eigenvalue weighted by molar-refractivity contribution is 5.91. The highest BCUT2D eigenvalue weighted by Gasteiger charge is 2.23. The number of carbonyl (C=O) groups excluding carboxylic acids is 2. The molecule has 1 N–H and O–H groups in total. The van der Waals surface area contributed by atoms with E-state index in [1.165, 1.54) is 0 Å². The lowest BCUT2D eigenvalue weighted by Gasteiger charge is -2.19. The highest BCUT2D eigenvalue weighted by Crippen LogP contribution is 2.21. The number of cyclic esters (lactones) is 1. The van der Waals surface area contributed by atoms with E-state index in [-0.39, 0.29) is 12.1 Å². The monoisotopic (exact) mass is 277 g/mol. The summed E-state index contributed by atoms with van der Waals surface area (Å²) in [6, 6.07) is 7.03. The van der Waals surface area contributed by atoms with Crippen molar-refractivity contribution in [1.29, 1.82) is 0 Å². The number of nitrogens with zero attached hydrogens (tertiary/aromatic N) is 2. The number of rotatable bonds is 4. The Labute approximate surface area is 118 Å². The first kappa shape index (κ1) is 14.2. The minimum Gasteiger partial charge on any atom is -0.447 e. The molecule has 0 aromatic heterocycles. The number of carbonyl (C=O) groups is 2. The lowest BCUT2D eigenvalue weighted by atomic mass is 10.2. The molecule has 0 bridgehead atoms. The molecule has 0 radical (unpaired) electrons. The van der Waals surface area contributed by atoms with Crippen molar-refractivity contribution in [2.45, 2.75) is 13.8 Å². The molecule has 6 heteroatoms. The fraction of sp³-hybridized carbons (Fsp3) is 0.429. The van der Waals surface area contributed by atoms with Crippen molar-refractivity contribution in [2.75, 3.05) is 36.5 Å². The van der Waals surface area contributed by atoms with E-state index in [0.717, 1.165) is 5.69 Å². The zero-order chi connectivity index (χ0) is 14.5. The van der Waals surface area contributed by atoms with E-state index in [0.29, 0.717) is 31.9 Å². The molecule has 3 amide bonds. The Bertz CT molecular complexity index is 483. The van der Waals surface area contributed by atoms with Crippen LogP contribution in [-0.4, -0.2) is 43.3 Å². The summed E-state index contributed by atoms with van der Waals surface area (Å²) in [5.74, 6) is 0. The standard InChI is InChI=1S/C14H19N3O3/c1-3-16(4-2)13(18)15-11-5-7-12(8-6-11)17-9-10-20-14(17)19/h5-8H,3-4,9-10H2,1-2H3,(H,15,18). The van der Waals surface area contributed by atoms with Crippen molar-refractivity contribution in [3.05, 3.63) is 24.3 Å². The van der Waals surface area contributed by atoms with Crippen molar-refractivity contribution < 1.29 is 14.3 Å². The van der Waals surface area contributed by atoms with Crippen LogP contribution in [0.15, 0.2) is 24.3 Å². The van der Waals surface area contributed by atoms with Gasteiger partial charge in [-0.25, -0.2) is 9.59 Å². The van der Waals surface area contributed by atoms with Gasteiger partial charge in [-0.2, -0.15) is 0 Å². The Kier molecular flexibility index (Phi) is 4.45. The van der Waals surface area contributed by atoms with E-state index < -0.39 is 0 Å². The fourth-order valence-electron chi connectivity index (χ4n) is 2.07. The van der Waals surface area contributed by atoms with Crippen LogP contribution >= 0.6 is 0 Å². The second kappa shape index (κ2) is 6.27. The lowest BCUT2D eigenvalue weighted by Crippen LogP contribution is -2.34. The quantitative estimate of drug-likeness (QED) is 0.919. The summed E-state index contributed by atoms with van der Waals surface area (Å²) in [6.07, 6.45) is -0.329. The Hall–Kier alpha value is -2.24. The molecule has 1 aromatic carbocycles. The van der Waals surface area contributed by atoms with Gasteiger partial charge in [0.15, 0.2) is 0 Å². The maximum Gasteiger partial charge on any atom is 0.414 e. The van der Waals surface area contributed by atoms with E-state index in [2.05, 4.69) is 5.32 Å². The van der Waals surface area contributed by atoms with Gasteiger partial charge in [-0.05, 0) is 38.1 Å². The molecular formula is C14H19N3O3. The van der Waals surface area contributed by atoms with Crippen molar-refractivity contribution in [2.24, 2.45) is 0 Å². The molecule has 1 heterocycles. The normalized spacial score (nSPS) is 14.1. The van der Waals surface area contributed by atoms with Gasteiger partial charge in [0.1, 0.15) is 6.61 Å². The molecule has 20 heavy (non-hydrogen) atoms. The molecule has 0 unspecified atom stereocenters. The molecule has 1 saturated heterocycles. The molecule has 1 aromatic rings. The molecule has 0 spiro atoms. The Morgan fingerprint density at radius 3 is 2.45 bits per heavy atom. The van der Waals surface area contributed by atoms with Gasteiger partial charge in [-0.3, -0.25) is 4.90 Å². The lowest BCUT2D eigenvalue weighted by molar-refractivity contribution is 0.181. The summed E-state index contributed by atoms with van der Waals surface area (Å²) in [5, 5.41) is 2.83. The molecule has 108 valence electrons. The van der Waals surface area contributed by atoms with Crippen LogP contribution in [0.25, 0.3) is 0 Å². The van der Waals surface area contributed by atoms with Crippen molar-refractivity contribution >= 4 is 23.5 Å². The van der Waals surface area contributed by atoms with E-state index in [9.17, 15) is 9.59 Å². The largest absolute Gasteiger partial charge is 0.447 e. The summed E-state index contributed by atoms with van der Waals surface area (Å²) in [6.45, 7) is 6.18. The van der Waals surface area contributed by atoms with Crippen molar-refractivity contribution in [1.82, 2.24) is 4.90 Å². The average molecular weight is 277 g/mol. The molecule has 0 saturated carbocycles. The summed E-state index contributed by atoms with van der Waals surface area (Å²) in [7, 11) is 0. The number of ether oxygens (including phenoxy) is 1. The van der Waals surface area contributed by atoms with Crippen LogP contribution in [0.2, 0.25) is 0 Å². The molecule has 2 rings (SSSR count). The smallest absolute Gasteiger partial charge is 0.414 e. The SMILES string of the molecule is CCN(CC)C(=O)Nc1ccc(N2CCOC2=O)cc1. The third kappa shape index (κ3) is 3.01. The van der Waals surface area contributed by atoms with E-state index >= 15 is 0 Å². The van der Waals surface area contributed by atoms with Gasteiger partial charge in [-0.15, -0.1) is 0 Å². The Balaban J connectivity index is 2.01. The number of nitrogens with one attached hydrogen (secondary N) is 1. The third-order valence-electron chi connectivity index (χ3n) is 3.24. The van der Waals surface area contributed by atoms with Gasteiger partial charge in [0.05, 0.1) is 6.54 Å². The van der Waals surface area contributed by atoms with Gasteiger partial charge in [0.25, 0.3) is 0 Å². The first-order valence-electron chi connectivity index (χ1n) is 6.76. The summed E-state index contributed by atoms with van der Waals surface area (Å²) < 4.78 is 4.89. The Morgan fingerprint density at radius 1 is 1.30 bits per heavy atom. The average Bonchev–Trinajstić information content (AvgIpc) is 2.87. The van der Waals surface area contributed by atoms with Gasteiger partial charge < -0.3 is 15.0 Å². The van der Waals surface area contributed by atoms with Crippen LogP contribution in [0.5, 0.6) is 0 Å². The molecular weight excluding hydrogens is 258 g/mol. The maximum atomic E-state index is 11.9. The number of amides is 3. The summed E-state index contributed by atoms with van der Waals surface area (Å²) in [5.41, 5.74) is 1.48. The maximum absolute atomic E-state index is 11.9. The van der Waals surface area contributed by atoms with Crippen molar-refractivity contribution in [3.63, 3.8) is 0 Å². The fourth-order valence-corrected chi connectivity index (χ4v) is 2.07. The van der Waals surface area contributed by atoms with Crippen LogP contribution in [0, 0.1) is 0 Å². The van der Waals surface area contributed by atoms with Crippen molar-refractivity contribution in [3.8, 4) is 0 Å². The van der Waals surface area contributed by atoms with Crippen LogP contribution < -0.4 is 10.2 Å². The highest BCUT2D eigenvalue weighted by atomic mass is 16.6. The minimum atomic E-state index is -0.329. The van der Waals surface area contributed by atoms with E-state index in [4.69, 9.17) is 4.74 Å². The molecule has 0 atom stereocenters.